The van der Waals surface area contributed by atoms with Gasteiger partial charge in [-0.1, -0.05) is 70.1 Å². The first-order chi connectivity index (χ1) is 19.2. The second kappa shape index (κ2) is 12.1. The molecule has 4 N–H and O–H groups in total. The van der Waals surface area contributed by atoms with Gasteiger partial charge in [0.2, 0.25) is 0 Å². The molecule has 5 rings (SSSR count). The molecule has 0 unspecified atom stereocenters. The number of nitrogens with zero attached hydrogens (tertiary/aromatic N) is 1. The fourth-order valence-electron chi connectivity index (χ4n) is 8.32. The van der Waals surface area contributed by atoms with Crippen LogP contribution in [0.3, 0.4) is 0 Å². The predicted octanol–water partition coefficient (Wildman–Crippen LogP) is 6.87. The van der Waals surface area contributed by atoms with Gasteiger partial charge in [-0.05, 0) is 98.5 Å². The fraction of sp³-hybridized carbons (Fsp3) is 0.686. The van der Waals surface area contributed by atoms with Crippen molar-refractivity contribution in [1.29, 1.82) is 0 Å². The van der Waals surface area contributed by atoms with Crippen molar-refractivity contribution in [1.82, 2.24) is 9.97 Å². The van der Waals surface area contributed by atoms with E-state index in [1.165, 1.54) is 56.2 Å². The van der Waals surface area contributed by atoms with Crippen molar-refractivity contribution < 1.29 is 15.3 Å². The maximum absolute atomic E-state index is 11.3. The second-order valence-corrected chi connectivity index (χ2v) is 13.7. The summed E-state index contributed by atoms with van der Waals surface area (Å²) in [7, 11) is 0. The number of allylic oxidation sites excluding steroid dienone is 4. The zero-order chi connectivity index (χ0) is 28.5. The fourth-order valence-corrected chi connectivity index (χ4v) is 8.32. The number of aliphatic hydroxyl groups is 3. The Kier molecular flexibility index (Phi) is 8.94. The van der Waals surface area contributed by atoms with Crippen LogP contribution in [0, 0.1) is 23.2 Å². The summed E-state index contributed by atoms with van der Waals surface area (Å²) in [5.74, 6) is 2.53. The summed E-state index contributed by atoms with van der Waals surface area (Å²) in [5.41, 5.74) is 4.49. The smallest absolute Gasteiger partial charge is 0.115 e. The minimum atomic E-state index is -0.640. The van der Waals surface area contributed by atoms with Gasteiger partial charge in [-0.2, -0.15) is 0 Å². The lowest BCUT2D eigenvalue weighted by atomic mass is 9.61. The third kappa shape index (κ3) is 5.84. The lowest BCUT2D eigenvalue weighted by Gasteiger charge is -2.44. The zero-order valence-electron chi connectivity index (χ0n) is 25.0. The van der Waals surface area contributed by atoms with Crippen LogP contribution in [0.15, 0.2) is 53.8 Å². The van der Waals surface area contributed by atoms with Gasteiger partial charge < -0.3 is 20.3 Å². The Morgan fingerprint density at radius 2 is 1.95 bits per heavy atom. The molecule has 0 bridgehead atoms. The molecule has 1 heterocycles. The lowest BCUT2D eigenvalue weighted by molar-refractivity contribution is 0.0862. The maximum atomic E-state index is 11.3. The van der Waals surface area contributed by atoms with Crippen molar-refractivity contribution >= 4 is 0 Å². The molecule has 0 spiro atoms. The predicted molar refractivity (Wildman–Crippen MR) is 162 cm³/mol. The summed E-state index contributed by atoms with van der Waals surface area (Å²) < 4.78 is 0. The summed E-state index contributed by atoms with van der Waals surface area (Å²) in [4.78, 5) is 8.24. The summed E-state index contributed by atoms with van der Waals surface area (Å²) in [6, 6.07) is 0. The lowest BCUT2D eigenvalue weighted by Crippen LogP contribution is -2.35. The molecule has 1 aromatic rings. The molecule has 5 nitrogen and oxygen atoms in total. The van der Waals surface area contributed by atoms with Gasteiger partial charge in [0.25, 0.3) is 0 Å². The molecule has 0 radical (unpaired) electrons. The molecule has 7 atom stereocenters. The number of hydrogen-bond acceptors (Lipinski definition) is 4. The number of fused-ring (bicyclic) bond motifs is 1. The summed E-state index contributed by atoms with van der Waals surface area (Å²) >= 11 is 0. The van der Waals surface area contributed by atoms with Gasteiger partial charge in [-0.3, -0.25) is 0 Å². The van der Waals surface area contributed by atoms with Crippen LogP contribution in [0.1, 0.15) is 109 Å². The Balaban J connectivity index is 1.24. The highest BCUT2D eigenvalue weighted by Crippen LogP contribution is 2.59. The average Bonchev–Trinajstić information content (AvgIpc) is 3.46. The largest absolute Gasteiger partial charge is 0.393 e. The Bertz CT molecular complexity index is 1140. The summed E-state index contributed by atoms with van der Waals surface area (Å²) in [6.07, 6.45) is 22.7. The Morgan fingerprint density at radius 3 is 2.70 bits per heavy atom. The highest BCUT2D eigenvalue weighted by molar-refractivity contribution is 5.39. The molecule has 0 aliphatic heterocycles. The van der Waals surface area contributed by atoms with Crippen molar-refractivity contribution in [3.8, 4) is 0 Å². The SMILES string of the molecule is C=C1C(=CC=C2CCC[C@]3(C)[C@@H]([C@H](C)C=C[C@@H](O)C4(c5ncc(CCCCC)[nH]5)CC4)CC[C@@H]23)C[C@@H](O)C[C@@H]1O. The van der Waals surface area contributed by atoms with E-state index >= 15 is 0 Å². The van der Waals surface area contributed by atoms with Crippen molar-refractivity contribution in [2.24, 2.45) is 23.2 Å². The van der Waals surface area contributed by atoms with Crippen LogP contribution in [-0.4, -0.2) is 43.6 Å². The molecule has 0 saturated heterocycles. The molecule has 220 valence electrons. The molecule has 4 aliphatic rings. The number of H-pyrrole nitrogens is 1. The monoisotopic (exact) mass is 548 g/mol. The molecular formula is C35H52N2O3. The quantitative estimate of drug-likeness (QED) is 0.190. The first-order valence-corrected chi connectivity index (χ1v) is 16.0. The van der Waals surface area contributed by atoms with E-state index in [9.17, 15) is 15.3 Å². The minimum Gasteiger partial charge on any atom is -0.393 e. The number of unbranched alkanes of at least 4 members (excludes halogenated alkanes) is 2. The van der Waals surface area contributed by atoms with E-state index in [4.69, 9.17) is 4.98 Å². The first-order valence-electron chi connectivity index (χ1n) is 16.0. The van der Waals surface area contributed by atoms with E-state index in [2.05, 4.69) is 56.6 Å². The van der Waals surface area contributed by atoms with E-state index in [0.717, 1.165) is 42.7 Å². The normalized spacial score (nSPS) is 35.4. The molecule has 4 saturated carbocycles. The van der Waals surface area contributed by atoms with E-state index < -0.39 is 18.3 Å². The Hall–Kier alpha value is -1.95. The second-order valence-electron chi connectivity index (χ2n) is 13.7. The zero-order valence-corrected chi connectivity index (χ0v) is 25.0. The summed E-state index contributed by atoms with van der Waals surface area (Å²) in [5, 5.41) is 31.7. The number of aromatic nitrogens is 2. The maximum Gasteiger partial charge on any atom is 0.115 e. The number of hydrogen-bond donors (Lipinski definition) is 4. The number of aromatic amines is 1. The van der Waals surface area contributed by atoms with E-state index in [-0.39, 0.29) is 10.8 Å². The minimum absolute atomic E-state index is 0.236. The van der Waals surface area contributed by atoms with Crippen molar-refractivity contribution in [2.75, 3.05) is 0 Å². The molecule has 4 fully saturated rings. The molecule has 40 heavy (non-hydrogen) atoms. The Morgan fingerprint density at radius 1 is 1.15 bits per heavy atom. The van der Waals surface area contributed by atoms with E-state index in [1.807, 2.05) is 6.20 Å². The van der Waals surface area contributed by atoms with Crippen LogP contribution in [0.4, 0.5) is 0 Å². The van der Waals surface area contributed by atoms with E-state index in [0.29, 0.717) is 30.6 Å². The van der Waals surface area contributed by atoms with Crippen LogP contribution < -0.4 is 0 Å². The average molecular weight is 549 g/mol. The van der Waals surface area contributed by atoms with Gasteiger partial charge in [0.1, 0.15) is 5.82 Å². The van der Waals surface area contributed by atoms with Crippen LogP contribution in [0.2, 0.25) is 0 Å². The van der Waals surface area contributed by atoms with Gasteiger partial charge in [-0.25, -0.2) is 4.98 Å². The van der Waals surface area contributed by atoms with Crippen LogP contribution in [-0.2, 0) is 11.8 Å². The Labute approximate surface area is 241 Å². The molecule has 0 aromatic carbocycles. The molecule has 5 heteroatoms. The van der Waals surface area contributed by atoms with E-state index in [1.54, 1.807) is 0 Å². The summed E-state index contributed by atoms with van der Waals surface area (Å²) in [6.45, 7) is 11.2. The van der Waals surface area contributed by atoms with Gasteiger partial charge in [0, 0.05) is 18.3 Å². The van der Waals surface area contributed by atoms with Gasteiger partial charge in [0.05, 0.1) is 23.7 Å². The van der Waals surface area contributed by atoms with Crippen molar-refractivity contribution in [2.45, 2.75) is 128 Å². The van der Waals surface area contributed by atoms with Crippen LogP contribution >= 0.6 is 0 Å². The van der Waals surface area contributed by atoms with Gasteiger partial charge >= 0.3 is 0 Å². The first kappa shape index (κ1) is 29.5. The van der Waals surface area contributed by atoms with Crippen LogP contribution in [0.25, 0.3) is 0 Å². The molecule has 0 amide bonds. The highest BCUT2D eigenvalue weighted by Gasteiger charge is 2.53. The third-order valence-electron chi connectivity index (χ3n) is 11.0. The number of imidazole rings is 1. The van der Waals surface area contributed by atoms with Crippen molar-refractivity contribution in [3.05, 3.63) is 65.3 Å². The third-order valence-corrected chi connectivity index (χ3v) is 11.0. The molecule has 4 aliphatic carbocycles. The number of aryl methyl sites for hydroxylation is 1. The van der Waals surface area contributed by atoms with Crippen LogP contribution in [0.5, 0.6) is 0 Å². The topological polar surface area (TPSA) is 89.4 Å². The standard InChI is InChI=1S/C35H52N2O3/c1-5-6-7-10-27-22-36-33(37-27)35(18-19-35)32(40)16-11-23(2)29-14-15-30-25(9-8-17-34(29,30)4)12-13-26-20-28(38)21-31(39)24(26)3/h11-13,16,22-23,28-32,38-40H,3,5-10,14-15,17-21H2,1-2,4H3,(H,36,37)/t23-,28-,29-,30+,31+,32-,34-/m1/s1. The number of rotatable bonds is 10. The molecule has 1 aromatic heterocycles. The van der Waals surface area contributed by atoms with Crippen molar-refractivity contribution in [3.63, 3.8) is 0 Å². The molecular weight excluding hydrogens is 496 g/mol. The van der Waals surface area contributed by atoms with Gasteiger partial charge in [0.15, 0.2) is 0 Å². The highest BCUT2D eigenvalue weighted by atomic mass is 16.3. The van der Waals surface area contributed by atoms with Gasteiger partial charge in [-0.15, -0.1) is 0 Å². The number of nitrogens with one attached hydrogen (secondary N) is 1. The number of aliphatic hydroxyl groups excluding tert-OH is 3.